The number of para-hydroxylation sites is 1. The van der Waals surface area contributed by atoms with Crippen molar-refractivity contribution in [2.45, 2.75) is 26.8 Å². The number of pyridine rings is 1. The molecule has 3 amide bonds. The van der Waals surface area contributed by atoms with Crippen LogP contribution >= 0.6 is 0 Å². The number of amides is 3. The first-order chi connectivity index (χ1) is 15.8. The van der Waals surface area contributed by atoms with E-state index in [2.05, 4.69) is 10.4 Å². The SMILES string of the molecule is Cc1cc(NC(=O)C(C)N2C(=O)c3ccccc3C2=O)n(-c2cc(C)c3ccccc3n2)n1. The van der Waals surface area contributed by atoms with E-state index in [0.29, 0.717) is 28.5 Å². The van der Waals surface area contributed by atoms with Crippen LogP contribution in [0.4, 0.5) is 5.82 Å². The van der Waals surface area contributed by atoms with Crippen molar-refractivity contribution >= 4 is 34.4 Å². The molecule has 8 heteroatoms. The fourth-order valence-corrected chi connectivity index (χ4v) is 4.11. The van der Waals surface area contributed by atoms with Gasteiger partial charge in [-0.1, -0.05) is 30.3 Å². The number of hydrogen-bond acceptors (Lipinski definition) is 5. The van der Waals surface area contributed by atoms with Crippen LogP contribution < -0.4 is 5.32 Å². The lowest BCUT2D eigenvalue weighted by Crippen LogP contribution is -2.45. The van der Waals surface area contributed by atoms with Crippen molar-refractivity contribution in [1.29, 1.82) is 0 Å². The number of carbonyl (C=O) groups excluding carboxylic acids is 3. The summed E-state index contributed by atoms with van der Waals surface area (Å²) in [6, 6.07) is 17.0. The molecule has 2 aromatic heterocycles. The fraction of sp³-hybridized carbons (Fsp3) is 0.160. The monoisotopic (exact) mass is 439 g/mol. The molecule has 3 heterocycles. The van der Waals surface area contributed by atoms with Gasteiger partial charge in [-0.15, -0.1) is 0 Å². The largest absolute Gasteiger partial charge is 0.309 e. The van der Waals surface area contributed by atoms with Gasteiger partial charge in [0.25, 0.3) is 11.8 Å². The molecule has 1 N–H and O–H groups in total. The summed E-state index contributed by atoms with van der Waals surface area (Å²) in [7, 11) is 0. The van der Waals surface area contributed by atoms with Crippen molar-refractivity contribution < 1.29 is 14.4 Å². The van der Waals surface area contributed by atoms with Gasteiger partial charge in [0.05, 0.1) is 22.3 Å². The summed E-state index contributed by atoms with van der Waals surface area (Å²) >= 11 is 0. The maximum Gasteiger partial charge on any atom is 0.262 e. The van der Waals surface area contributed by atoms with Gasteiger partial charge >= 0.3 is 0 Å². The van der Waals surface area contributed by atoms with Crippen molar-refractivity contribution in [2.75, 3.05) is 5.32 Å². The molecule has 0 aliphatic carbocycles. The van der Waals surface area contributed by atoms with E-state index < -0.39 is 23.8 Å². The predicted octanol–water partition coefficient (Wildman–Crippen LogP) is 3.66. The molecule has 0 saturated carbocycles. The Kier molecular flexibility index (Phi) is 4.78. The summed E-state index contributed by atoms with van der Waals surface area (Å²) in [4.78, 5) is 44.3. The number of aromatic nitrogens is 3. The van der Waals surface area contributed by atoms with Crippen LogP contribution in [0.3, 0.4) is 0 Å². The van der Waals surface area contributed by atoms with Crippen LogP contribution in [0.15, 0.2) is 60.7 Å². The number of anilines is 1. The second-order valence-corrected chi connectivity index (χ2v) is 8.09. The van der Waals surface area contributed by atoms with E-state index in [9.17, 15) is 14.4 Å². The minimum atomic E-state index is -1.01. The Hall–Kier alpha value is -4.33. The van der Waals surface area contributed by atoms with E-state index in [-0.39, 0.29) is 0 Å². The van der Waals surface area contributed by atoms with Crippen LogP contribution in [-0.4, -0.2) is 43.4 Å². The minimum Gasteiger partial charge on any atom is -0.309 e. The number of imide groups is 1. The molecule has 5 rings (SSSR count). The second-order valence-electron chi connectivity index (χ2n) is 8.09. The zero-order valence-electron chi connectivity index (χ0n) is 18.4. The molecule has 164 valence electrons. The molecule has 0 spiro atoms. The van der Waals surface area contributed by atoms with Crippen LogP contribution in [0.5, 0.6) is 0 Å². The third-order valence-electron chi connectivity index (χ3n) is 5.80. The molecule has 0 bridgehead atoms. The highest BCUT2D eigenvalue weighted by molar-refractivity contribution is 6.23. The summed E-state index contributed by atoms with van der Waals surface area (Å²) in [5.74, 6) is -0.487. The molecule has 0 radical (unpaired) electrons. The summed E-state index contributed by atoms with van der Waals surface area (Å²) in [5.41, 5.74) is 3.14. The maximum atomic E-state index is 13.1. The Labute approximate surface area is 189 Å². The average Bonchev–Trinajstić information content (AvgIpc) is 3.30. The molecule has 1 aliphatic heterocycles. The Bertz CT molecular complexity index is 1420. The zero-order valence-corrected chi connectivity index (χ0v) is 18.4. The number of carbonyl (C=O) groups is 3. The molecule has 2 aromatic carbocycles. The smallest absolute Gasteiger partial charge is 0.262 e. The highest BCUT2D eigenvalue weighted by Crippen LogP contribution is 2.26. The second kappa shape index (κ2) is 7.67. The normalized spacial score (nSPS) is 14.0. The van der Waals surface area contributed by atoms with E-state index in [1.807, 2.05) is 44.2 Å². The van der Waals surface area contributed by atoms with Crippen molar-refractivity contribution in [2.24, 2.45) is 0 Å². The number of rotatable bonds is 4. The van der Waals surface area contributed by atoms with Gasteiger partial charge in [-0.25, -0.2) is 4.98 Å². The van der Waals surface area contributed by atoms with Gasteiger partial charge in [0.2, 0.25) is 5.91 Å². The van der Waals surface area contributed by atoms with Crippen molar-refractivity contribution in [3.63, 3.8) is 0 Å². The number of fused-ring (bicyclic) bond motifs is 2. The van der Waals surface area contributed by atoms with E-state index in [4.69, 9.17) is 4.98 Å². The predicted molar refractivity (Wildman–Crippen MR) is 123 cm³/mol. The van der Waals surface area contributed by atoms with Gasteiger partial charge in [-0.2, -0.15) is 9.78 Å². The molecule has 1 atom stereocenters. The Balaban J connectivity index is 1.45. The highest BCUT2D eigenvalue weighted by atomic mass is 16.2. The summed E-state index contributed by atoms with van der Waals surface area (Å²) in [6.45, 7) is 5.34. The third kappa shape index (κ3) is 3.36. The number of hydrogen-bond donors (Lipinski definition) is 1. The average molecular weight is 439 g/mol. The lowest BCUT2D eigenvalue weighted by molar-refractivity contribution is -0.119. The summed E-state index contributed by atoms with van der Waals surface area (Å²) in [5, 5.41) is 8.35. The molecule has 8 nitrogen and oxygen atoms in total. The topological polar surface area (TPSA) is 97.2 Å². The molecule has 1 unspecified atom stereocenters. The summed E-state index contributed by atoms with van der Waals surface area (Å²) in [6.07, 6.45) is 0. The molecule has 0 saturated heterocycles. The molecule has 0 fully saturated rings. The minimum absolute atomic E-state index is 0.305. The van der Waals surface area contributed by atoms with Gasteiger partial charge in [0.15, 0.2) is 5.82 Å². The van der Waals surface area contributed by atoms with E-state index in [1.54, 1.807) is 35.0 Å². The molecule has 4 aromatic rings. The van der Waals surface area contributed by atoms with E-state index in [1.165, 1.54) is 6.92 Å². The van der Waals surface area contributed by atoms with Crippen molar-refractivity contribution in [3.8, 4) is 5.82 Å². The first kappa shape index (κ1) is 20.6. The first-order valence-corrected chi connectivity index (χ1v) is 10.6. The molecular weight excluding hydrogens is 418 g/mol. The van der Waals surface area contributed by atoms with Crippen LogP contribution in [-0.2, 0) is 4.79 Å². The fourth-order valence-electron chi connectivity index (χ4n) is 4.11. The quantitative estimate of drug-likeness (QED) is 0.490. The van der Waals surface area contributed by atoms with Crippen LogP contribution in [0.2, 0.25) is 0 Å². The zero-order chi connectivity index (χ0) is 23.3. The third-order valence-corrected chi connectivity index (χ3v) is 5.80. The van der Waals surface area contributed by atoms with E-state index >= 15 is 0 Å². The molecule has 33 heavy (non-hydrogen) atoms. The molecular formula is C25H21N5O3. The van der Waals surface area contributed by atoms with Crippen molar-refractivity contribution in [1.82, 2.24) is 19.7 Å². The van der Waals surface area contributed by atoms with Gasteiger partial charge in [-0.3, -0.25) is 19.3 Å². The number of aryl methyl sites for hydroxylation is 2. The number of nitrogens with zero attached hydrogens (tertiary/aromatic N) is 4. The van der Waals surface area contributed by atoms with Crippen LogP contribution in [0, 0.1) is 13.8 Å². The van der Waals surface area contributed by atoms with Gasteiger partial charge in [0, 0.05) is 11.5 Å². The lowest BCUT2D eigenvalue weighted by atomic mass is 10.1. The van der Waals surface area contributed by atoms with Crippen LogP contribution in [0.25, 0.3) is 16.7 Å². The van der Waals surface area contributed by atoms with Crippen molar-refractivity contribution in [3.05, 3.63) is 83.0 Å². The Morgan fingerprint density at radius 3 is 2.27 bits per heavy atom. The molecule has 1 aliphatic rings. The Morgan fingerprint density at radius 1 is 0.939 bits per heavy atom. The van der Waals surface area contributed by atoms with E-state index in [0.717, 1.165) is 21.4 Å². The van der Waals surface area contributed by atoms with Gasteiger partial charge < -0.3 is 5.32 Å². The standard InChI is InChI=1S/C25H21N5O3/c1-14-12-21(26-20-11-7-6-8-17(14)20)30-22(13-15(2)28-30)27-23(31)16(3)29-24(32)18-9-4-5-10-19(18)25(29)33/h4-13,16H,1-3H3,(H,27,31). The lowest BCUT2D eigenvalue weighted by Gasteiger charge is -2.21. The Morgan fingerprint density at radius 2 is 1.58 bits per heavy atom. The number of benzene rings is 2. The van der Waals surface area contributed by atoms with Gasteiger partial charge in [0.1, 0.15) is 11.9 Å². The first-order valence-electron chi connectivity index (χ1n) is 10.6. The summed E-state index contributed by atoms with van der Waals surface area (Å²) < 4.78 is 1.56. The highest BCUT2D eigenvalue weighted by Gasteiger charge is 2.40. The van der Waals surface area contributed by atoms with Gasteiger partial charge in [-0.05, 0) is 50.6 Å². The maximum absolute atomic E-state index is 13.1. The van der Waals surface area contributed by atoms with Crippen LogP contribution in [0.1, 0.15) is 38.9 Å². The number of nitrogens with one attached hydrogen (secondary N) is 1.